The second-order valence-electron chi connectivity index (χ2n) is 7.58. The van der Waals surface area contributed by atoms with Crippen molar-refractivity contribution in [1.29, 1.82) is 0 Å². The lowest BCUT2D eigenvalue weighted by Gasteiger charge is -2.13. The molecule has 0 unspecified atom stereocenters. The summed E-state index contributed by atoms with van der Waals surface area (Å²) in [4.78, 5) is 27.0. The lowest BCUT2D eigenvalue weighted by Crippen LogP contribution is -2.27. The molecule has 0 saturated carbocycles. The molecule has 3 aromatic carbocycles. The Kier molecular flexibility index (Phi) is 7.20. The van der Waals surface area contributed by atoms with Gasteiger partial charge in [0.15, 0.2) is 11.5 Å². The molecule has 0 bridgehead atoms. The summed E-state index contributed by atoms with van der Waals surface area (Å²) in [6, 6.07) is 21.1. The maximum atomic E-state index is 12.9. The second-order valence-corrected chi connectivity index (χ2v) is 9.49. The number of benzene rings is 3. The Morgan fingerprint density at radius 2 is 1.64 bits per heavy atom. The largest absolute Gasteiger partial charge is 0.493 e. The topological polar surface area (TPSA) is 55.8 Å². The van der Waals surface area contributed by atoms with E-state index in [9.17, 15) is 9.59 Å². The lowest BCUT2D eigenvalue weighted by molar-refractivity contribution is -0.123. The highest BCUT2D eigenvalue weighted by Crippen LogP contribution is 2.35. The Labute approximate surface area is 205 Å². The number of aryl methyl sites for hydroxylation is 1. The van der Waals surface area contributed by atoms with Crippen LogP contribution >= 0.6 is 27.7 Å². The number of ether oxygens (including phenoxy) is 2. The fraction of sp³-hybridized carbons (Fsp3) is 0.154. The number of imide groups is 1. The van der Waals surface area contributed by atoms with Gasteiger partial charge in [0, 0.05) is 4.47 Å². The fourth-order valence-corrected chi connectivity index (χ4v) is 4.40. The van der Waals surface area contributed by atoms with Crippen LogP contribution in [0.2, 0.25) is 0 Å². The monoisotopic (exact) mass is 523 g/mol. The van der Waals surface area contributed by atoms with Gasteiger partial charge < -0.3 is 9.47 Å². The van der Waals surface area contributed by atoms with Gasteiger partial charge >= 0.3 is 0 Å². The van der Waals surface area contributed by atoms with Gasteiger partial charge in [-0.2, -0.15) is 0 Å². The zero-order chi connectivity index (χ0) is 23.4. The number of nitrogens with zero attached hydrogens (tertiary/aromatic N) is 1. The van der Waals surface area contributed by atoms with Crippen molar-refractivity contribution in [2.75, 3.05) is 7.11 Å². The van der Waals surface area contributed by atoms with E-state index in [1.54, 1.807) is 19.3 Å². The minimum atomic E-state index is -0.293. The van der Waals surface area contributed by atoms with Gasteiger partial charge in [0.1, 0.15) is 6.61 Å². The van der Waals surface area contributed by atoms with Gasteiger partial charge in [-0.25, -0.2) is 0 Å². The van der Waals surface area contributed by atoms with Crippen LogP contribution in [0.4, 0.5) is 4.79 Å². The highest BCUT2D eigenvalue weighted by molar-refractivity contribution is 9.10. The first-order chi connectivity index (χ1) is 15.9. The maximum absolute atomic E-state index is 12.9. The molecule has 1 aliphatic heterocycles. The number of carbonyl (C=O) groups excluding carboxylic acids is 2. The van der Waals surface area contributed by atoms with Gasteiger partial charge in [0.25, 0.3) is 11.1 Å². The zero-order valence-corrected chi connectivity index (χ0v) is 20.6. The summed E-state index contributed by atoms with van der Waals surface area (Å²) < 4.78 is 12.4. The third-order valence-corrected chi connectivity index (χ3v) is 6.56. The summed E-state index contributed by atoms with van der Waals surface area (Å²) in [7, 11) is 1.58. The molecule has 0 N–H and O–H groups in total. The molecule has 7 heteroatoms. The molecule has 1 aliphatic rings. The van der Waals surface area contributed by atoms with E-state index in [1.165, 1.54) is 4.90 Å². The Bertz CT molecular complexity index is 1210. The van der Waals surface area contributed by atoms with E-state index < -0.39 is 0 Å². The quantitative estimate of drug-likeness (QED) is 0.327. The van der Waals surface area contributed by atoms with E-state index in [2.05, 4.69) is 15.9 Å². The molecule has 0 aliphatic carbocycles. The zero-order valence-electron chi connectivity index (χ0n) is 18.2. The van der Waals surface area contributed by atoms with E-state index in [0.29, 0.717) is 23.0 Å². The first-order valence-corrected chi connectivity index (χ1v) is 11.9. The van der Waals surface area contributed by atoms with Crippen LogP contribution in [-0.2, 0) is 17.9 Å². The van der Waals surface area contributed by atoms with Crippen LogP contribution < -0.4 is 9.47 Å². The number of hydrogen-bond donors (Lipinski definition) is 0. The van der Waals surface area contributed by atoms with Crippen molar-refractivity contribution in [2.45, 2.75) is 20.1 Å². The standard InChI is InChI=1S/C26H22BrNO4S/c1-17-3-5-18(6-4-17)15-28-25(29)24(33-26(28)30)14-20-9-12-22(31-2)23(13-20)32-16-19-7-10-21(27)11-8-19/h3-14H,15-16H2,1-2H3/b24-14-. The number of thioether (sulfide) groups is 1. The van der Waals surface area contributed by atoms with Crippen molar-refractivity contribution in [1.82, 2.24) is 4.90 Å². The van der Waals surface area contributed by atoms with Crippen LogP contribution in [0.25, 0.3) is 6.08 Å². The molecule has 0 atom stereocenters. The molecule has 3 aromatic rings. The smallest absolute Gasteiger partial charge is 0.293 e. The first-order valence-electron chi connectivity index (χ1n) is 10.3. The average molecular weight is 524 g/mol. The SMILES string of the molecule is COc1ccc(/C=C2\SC(=O)N(Cc3ccc(C)cc3)C2=O)cc1OCc1ccc(Br)cc1. The fourth-order valence-electron chi connectivity index (χ4n) is 3.30. The van der Waals surface area contributed by atoms with Crippen molar-refractivity contribution in [2.24, 2.45) is 0 Å². The van der Waals surface area contributed by atoms with Crippen LogP contribution in [0.1, 0.15) is 22.3 Å². The number of methoxy groups -OCH3 is 1. The molecule has 168 valence electrons. The molecule has 2 amide bonds. The molecule has 1 heterocycles. The molecule has 5 nitrogen and oxygen atoms in total. The summed E-state index contributed by atoms with van der Waals surface area (Å²) >= 11 is 4.37. The Morgan fingerprint density at radius 3 is 2.33 bits per heavy atom. The predicted octanol–water partition coefficient (Wildman–Crippen LogP) is 6.58. The number of carbonyl (C=O) groups is 2. The van der Waals surface area contributed by atoms with Crippen molar-refractivity contribution in [3.8, 4) is 11.5 Å². The van der Waals surface area contributed by atoms with Gasteiger partial charge in [0.05, 0.1) is 18.6 Å². The molecule has 33 heavy (non-hydrogen) atoms. The average Bonchev–Trinajstić information content (AvgIpc) is 3.07. The van der Waals surface area contributed by atoms with Crippen molar-refractivity contribution >= 4 is 44.9 Å². The van der Waals surface area contributed by atoms with Crippen LogP contribution in [0, 0.1) is 6.92 Å². The summed E-state index contributed by atoms with van der Waals surface area (Å²) in [5, 5.41) is -0.271. The second kappa shape index (κ2) is 10.3. The molecular weight excluding hydrogens is 502 g/mol. The van der Waals surface area contributed by atoms with E-state index in [-0.39, 0.29) is 17.7 Å². The maximum Gasteiger partial charge on any atom is 0.293 e. The predicted molar refractivity (Wildman–Crippen MR) is 134 cm³/mol. The Hall–Kier alpha value is -3.03. The van der Waals surface area contributed by atoms with Crippen LogP contribution in [0.15, 0.2) is 76.1 Å². The van der Waals surface area contributed by atoms with E-state index >= 15 is 0 Å². The summed E-state index contributed by atoms with van der Waals surface area (Å²) in [6.45, 7) is 2.63. The summed E-state index contributed by atoms with van der Waals surface area (Å²) in [6.07, 6.45) is 1.71. The van der Waals surface area contributed by atoms with Gasteiger partial charge in [-0.05, 0) is 65.7 Å². The third-order valence-electron chi connectivity index (χ3n) is 5.13. The van der Waals surface area contributed by atoms with Crippen molar-refractivity contribution in [3.63, 3.8) is 0 Å². The van der Waals surface area contributed by atoms with Crippen LogP contribution in [0.5, 0.6) is 11.5 Å². The summed E-state index contributed by atoms with van der Waals surface area (Å²) in [5.74, 6) is 0.864. The normalized spacial score (nSPS) is 14.8. The minimum absolute atomic E-state index is 0.256. The summed E-state index contributed by atoms with van der Waals surface area (Å²) in [5.41, 5.74) is 3.81. The first kappa shape index (κ1) is 23.1. The molecule has 1 saturated heterocycles. The number of hydrogen-bond acceptors (Lipinski definition) is 5. The molecular formula is C26H22BrNO4S. The molecule has 4 rings (SSSR count). The van der Waals surface area contributed by atoms with Crippen molar-refractivity contribution < 1.29 is 19.1 Å². The van der Waals surface area contributed by atoms with Gasteiger partial charge in [-0.15, -0.1) is 0 Å². The Balaban J connectivity index is 1.51. The number of rotatable bonds is 7. The van der Waals surface area contributed by atoms with E-state index in [0.717, 1.165) is 38.5 Å². The van der Waals surface area contributed by atoms with Crippen molar-refractivity contribution in [3.05, 3.63) is 98.4 Å². The highest BCUT2D eigenvalue weighted by Gasteiger charge is 2.35. The molecule has 0 spiro atoms. The number of amides is 2. The van der Waals surface area contributed by atoms with Gasteiger partial charge in [0.2, 0.25) is 0 Å². The minimum Gasteiger partial charge on any atom is -0.493 e. The number of halogens is 1. The lowest BCUT2D eigenvalue weighted by atomic mass is 10.1. The van der Waals surface area contributed by atoms with Gasteiger partial charge in [-0.1, -0.05) is 64.0 Å². The third kappa shape index (κ3) is 5.67. The van der Waals surface area contributed by atoms with E-state index in [4.69, 9.17) is 9.47 Å². The highest BCUT2D eigenvalue weighted by atomic mass is 79.9. The van der Waals surface area contributed by atoms with E-state index in [1.807, 2.05) is 67.6 Å². The molecule has 0 radical (unpaired) electrons. The van der Waals surface area contributed by atoms with Gasteiger partial charge in [-0.3, -0.25) is 14.5 Å². The van der Waals surface area contributed by atoms with Crippen LogP contribution in [0.3, 0.4) is 0 Å². The molecule has 1 fully saturated rings. The Morgan fingerprint density at radius 1 is 0.939 bits per heavy atom. The molecule has 0 aromatic heterocycles. The van der Waals surface area contributed by atoms with Crippen LogP contribution in [-0.4, -0.2) is 23.2 Å².